The Kier molecular flexibility index (Phi) is 6.81. The minimum absolute atomic E-state index is 0.0835. The first-order valence-corrected chi connectivity index (χ1v) is 7.32. The molecule has 0 radical (unpaired) electrons. The molecule has 0 aromatic rings. The van der Waals surface area contributed by atoms with E-state index in [9.17, 15) is 19.2 Å². The number of amides is 2. The molecule has 1 fully saturated rings. The average Bonchev–Trinajstić information content (AvgIpc) is 3.27. The molecule has 1 rings (SSSR count). The number of ether oxygens (including phenoxy) is 2. The van der Waals surface area contributed by atoms with Gasteiger partial charge in [0.1, 0.15) is 6.04 Å². The average molecular weight is 314 g/mol. The third-order valence-corrected chi connectivity index (χ3v) is 3.24. The van der Waals surface area contributed by atoms with Crippen LogP contribution in [0.4, 0.5) is 0 Å². The van der Waals surface area contributed by atoms with Crippen molar-refractivity contribution in [3.63, 3.8) is 0 Å². The molecule has 1 aliphatic rings. The maximum absolute atomic E-state index is 12.0. The molecule has 0 aromatic heterocycles. The molecular formula is C14H22N2O6. The Hall–Kier alpha value is -2.12. The molecule has 2 amide bonds. The lowest BCUT2D eigenvalue weighted by atomic mass is 9.95. The summed E-state index contributed by atoms with van der Waals surface area (Å²) in [5.41, 5.74) is 5.28. The zero-order valence-electron chi connectivity index (χ0n) is 12.8. The number of hydrogen-bond acceptors (Lipinski definition) is 6. The fraction of sp³-hybridized carbons (Fsp3) is 0.714. The van der Waals surface area contributed by atoms with E-state index in [4.69, 9.17) is 15.2 Å². The van der Waals surface area contributed by atoms with E-state index in [1.165, 1.54) is 0 Å². The van der Waals surface area contributed by atoms with Crippen molar-refractivity contribution >= 4 is 23.8 Å². The van der Waals surface area contributed by atoms with Gasteiger partial charge in [0.15, 0.2) is 0 Å². The molecule has 0 heterocycles. The van der Waals surface area contributed by atoms with Gasteiger partial charge in [-0.3, -0.25) is 19.2 Å². The van der Waals surface area contributed by atoms with Gasteiger partial charge < -0.3 is 20.5 Å². The van der Waals surface area contributed by atoms with Gasteiger partial charge in [-0.1, -0.05) is 0 Å². The van der Waals surface area contributed by atoms with E-state index in [0.29, 0.717) is 0 Å². The summed E-state index contributed by atoms with van der Waals surface area (Å²) < 4.78 is 9.65. The van der Waals surface area contributed by atoms with Gasteiger partial charge in [0.05, 0.1) is 25.6 Å². The van der Waals surface area contributed by atoms with Gasteiger partial charge in [-0.25, -0.2) is 0 Å². The predicted molar refractivity (Wildman–Crippen MR) is 75.2 cm³/mol. The van der Waals surface area contributed by atoms with Crippen LogP contribution in [0.5, 0.6) is 0 Å². The van der Waals surface area contributed by atoms with Crippen LogP contribution in [0.1, 0.15) is 33.1 Å². The van der Waals surface area contributed by atoms with Crippen LogP contribution in [0.2, 0.25) is 0 Å². The topological polar surface area (TPSA) is 125 Å². The van der Waals surface area contributed by atoms with Crippen LogP contribution in [-0.4, -0.2) is 43.0 Å². The molecule has 0 unspecified atom stereocenters. The van der Waals surface area contributed by atoms with Gasteiger partial charge in [-0.2, -0.15) is 0 Å². The van der Waals surface area contributed by atoms with Crippen molar-refractivity contribution in [2.24, 2.45) is 17.6 Å². The van der Waals surface area contributed by atoms with Crippen molar-refractivity contribution in [2.75, 3.05) is 13.2 Å². The van der Waals surface area contributed by atoms with Crippen LogP contribution in [0.3, 0.4) is 0 Å². The minimum Gasteiger partial charge on any atom is -0.466 e. The minimum atomic E-state index is -1.29. The van der Waals surface area contributed by atoms with Gasteiger partial charge in [-0.05, 0) is 26.7 Å². The number of hydrogen-bond donors (Lipinski definition) is 2. The number of primary amides is 1. The largest absolute Gasteiger partial charge is 0.466 e. The third kappa shape index (κ3) is 5.34. The summed E-state index contributed by atoms with van der Waals surface area (Å²) in [5.74, 6) is -4.02. The Morgan fingerprint density at radius 2 is 1.73 bits per heavy atom. The van der Waals surface area contributed by atoms with Gasteiger partial charge in [0.25, 0.3) is 0 Å². The van der Waals surface area contributed by atoms with Crippen molar-refractivity contribution in [3.8, 4) is 0 Å². The summed E-state index contributed by atoms with van der Waals surface area (Å²) in [4.78, 5) is 47.1. The molecule has 1 aliphatic carbocycles. The van der Waals surface area contributed by atoms with Gasteiger partial charge in [0, 0.05) is 5.92 Å². The second-order valence-electron chi connectivity index (χ2n) is 5.03. The molecule has 3 N–H and O–H groups in total. The van der Waals surface area contributed by atoms with Crippen LogP contribution >= 0.6 is 0 Å². The first-order chi connectivity index (χ1) is 10.4. The normalized spacial score (nSPS) is 16.3. The van der Waals surface area contributed by atoms with Gasteiger partial charge in [0.2, 0.25) is 11.8 Å². The number of rotatable bonds is 9. The zero-order valence-corrected chi connectivity index (χ0v) is 12.8. The van der Waals surface area contributed by atoms with Crippen LogP contribution in [-0.2, 0) is 28.7 Å². The predicted octanol–water partition coefficient (Wildman–Crippen LogP) is -0.501. The number of carbonyl (C=O) groups is 4. The Morgan fingerprint density at radius 1 is 1.14 bits per heavy atom. The Balaban J connectivity index is 2.85. The van der Waals surface area contributed by atoms with E-state index >= 15 is 0 Å². The number of nitrogens with one attached hydrogen (secondary N) is 1. The van der Waals surface area contributed by atoms with Crippen LogP contribution in [0.25, 0.3) is 0 Å². The van der Waals surface area contributed by atoms with Crippen molar-refractivity contribution in [1.82, 2.24) is 5.32 Å². The Morgan fingerprint density at radius 3 is 2.18 bits per heavy atom. The molecule has 0 bridgehead atoms. The van der Waals surface area contributed by atoms with Crippen molar-refractivity contribution in [1.29, 1.82) is 0 Å². The van der Waals surface area contributed by atoms with Gasteiger partial charge >= 0.3 is 11.9 Å². The highest BCUT2D eigenvalue weighted by atomic mass is 16.5. The van der Waals surface area contributed by atoms with E-state index in [1.54, 1.807) is 13.8 Å². The number of esters is 2. The molecule has 8 heteroatoms. The summed E-state index contributed by atoms with van der Waals surface area (Å²) in [6.07, 6.45) is 1.09. The second-order valence-corrected chi connectivity index (χ2v) is 5.03. The molecule has 0 aromatic carbocycles. The second kappa shape index (κ2) is 8.35. The molecule has 8 nitrogen and oxygen atoms in total. The summed E-state index contributed by atoms with van der Waals surface area (Å²) in [6.45, 7) is 3.45. The third-order valence-electron chi connectivity index (χ3n) is 3.24. The fourth-order valence-electron chi connectivity index (χ4n) is 1.97. The Labute approximate surface area is 128 Å². The highest BCUT2D eigenvalue weighted by Crippen LogP contribution is 2.29. The molecule has 0 aliphatic heterocycles. The molecule has 1 saturated carbocycles. The van der Waals surface area contributed by atoms with E-state index in [2.05, 4.69) is 5.32 Å². The summed E-state index contributed by atoms with van der Waals surface area (Å²) in [5, 5.41) is 2.44. The maximum atomic E-state index is 12.0. The monoisotopic (exact) mass is 314 g/mol. The van der Waals surface area contributed by atoms with Crippen molar-refractivity contribution in [3.05, 3.63) is 0 Å². The van der Waals surface area contributed by atoms with Crippen LogP contribution < -0.4 is 11.1 Å². The lowest BCUT2D eigenvalue weighted by Crippen LogP contribution is -2.52. The van der Waals surface area contributed by atoms with E-state index < -0.39 is 29.8 Å². The SMILES string of the molecule is CCOC(=O)C[C@H](C(=O)OCC)[C@H](NC(=O)C1CC1)C(N)=O. The summed E-state index contributed by atoms with van der Waals surface area (Å²) in [6, 6.07) is -1.29. The highest BCUT2D eigenvalue weighted by Gasteiger charge is 2.39. The molecule has 124 valence electrons. The maximum Gasteiger partial charge on any atom is 0.312 e. The standard InChI is InChI=1S/C14H22N2O6/c1-3-21-10(17)7-9(14(20)22-4-2)11(12(15)18)16-13(19)8-5-6-8/h8-9,11H,3-7H2,1-2H3,(H2,15,18)(H,16,19)/t9-,11-/m0/s1. The first-order valence-electron chi connectivity index (χ1n) is 7.32. The molecule has 0 saturated heterocycles. The fourth-order valence-corrected chi connectivity index (χ4v) is 1.97. The van der Waals surface area contributed by atoms with Crippen LogP contribution in [0, 0.1) is 11.8 Å². The lowest BCUT2D eigenvalue weighted by molar-refractivity contribution is -0.157. The van der Waals surface area contributed by atoms with Gasteiger partial charge in [-0.15, -0.1) is 0 Å². The van der Waals surface area contributed by atoms with Crippen molar-refractivity contribution < 1.29 is 28.7 Å². The van der Waals surface area contributed by atoms with Crippen molar-refractivity contribution in [2.45, 2.75) is 39.2 Å². The molecular weight excluding hydrogens is 292 g/mol. The van der Waals surface area contributed by atoms with E-state index in [-0.39, 0.29) is 31.5 Å². The summed E-state index contributed by atoms with van der Waals surface area (Å²) >= 11 is 0. The molecule has 0 spiro atoms. The zero-order chi connectivity index (χ0) is 16.7. The molecule has 22 heavy (non-hydrogen) atoms. The number of carbonyl (C=O) groups excluding carboxylic acids is 4. The highest BCUT2D eigenvalue weighted by molar-refractivity contribution is 5.93. The van der Waals surface area contributed by atoms with E-state index in [1.807, 2.05) is 0 Å². The van der Waals surface area contributed by atoms with Crippen LogP contribution in [0.15, 0.2) is 0 Å². The quantitative estimate of drug-likeness (QED) is 0.553. The summed E-state index contributed by atoms with van der Waals surface area (Å²) in [7, 11) is 0. The number of nitrogens with two attached hydrogens (primary N) is 1. The van der Waals surface area contributed by atoms with E-state index in [0.717, 1.165) is 12.8 Å². The lowest BCUT2D eigenvalue weighted by Gasteiger charge is -2.23. The molecule has 2 atom stereocenters. The smallest absolute Gasteiger partial charge is 0.312 e. The first kappa shape index (κ1) is 17.9. The Bertz CT molecular complexity index is 447.